The van der Waals surface area contributed by atoms with E-state index < -0.39 is 0 Å². The molecule has 134 valence electrons. The highest BCUT2D eigenvalue weighted by atomic mass is 32.1. The third-order valence-electron chi connectivity index (χ3n) is 4.43. The van der Waals surface area contributed by atoms with Crippen LogP contribution in [0.2, 0.25) is 0 Å². The maximum absolute atomic E-state index is 5.69. The quantitative estimate of drug-likeness (QED) is 0.605. The second-order valence-electron chi connectivity index (χ2n) is 6.16. The summed E-state index contributed by atoms with van der Waals surface area (Å²) in [6, 6.07) is 0. The topological polar surface area (TPSA) is 81.7 Å². The summed E-state index contributed by atoms with van der Waals surface area (Å²) in [4.78, 5) is 16.1. The number of fused-ring (bicyclic) bond motifs is 1. The van der Waals surface area contributed by atoms with Gasteiger partial charge in [-0.3, -0.25) is 0 Å². The fraction of sp³-hybridized carbons (Fsp3) is 0.500. The van der Waals surface area contributed by atoms with E-state index in [1.165, 1.54) is 10.4 Å². The number of nitrogens with two attached hydrogens (primary N) is 1. The molecular weight excluding hydrogens is 332 g/mol. The number of hydrogen-bond donors (Lipinski definition) is 2. The fourth-order valence-electron chi connectivity index (χ4n) is 2.98. The van der Waals surface area contributed by atoms with Crippen LogP contribution >= 0.6 is 11.3 Å². The van der Waals surface area contributed by atoms with E-state index in [0.29, 0.717) is 13.0 Å². The van der Waals surface area contributed by atoms with Crippen LogP contribution in [0.1, 0.15) is 35.4 Å². The van der Waals surface area contributed by atoms with Gasteiger partial charge < -0.3 is 15.6 Å². The maximum atomic E-state index is 5.69. The van der Waals surface area contributed by atoms with Gasteiger partial charge in [-0.15, -0.1) is 11.3 Å². The Labute approximate surface area is 152 Å². The Morgan fingerprint density at radius 1 is 1.28 bits per heavy atom. The minimum absolute atomic E-state index is 0.564. The lowest BCUT2D eigenvalue weighted by Crippen LogP contribution is -2.12. The van der Waals surface area contributed by atoms with E-state index in [0.717, 1.165) is 53.6 Å². The van der Waals surface area contributed by atoms with Crippen LogP contribution in [-0.2, 0) is 19.4 Å². The highest BCUT2D eigenvalue weighted by molar-refractivity contribution is 7.18. The lowest BCUT2D eigenvalue weighted by molar-refractivity contribution is 0.629. The van der Waals surface area contributed by atoms with Crippen molar-refractivity contribution in [2.75, 3.05) is 18.4 Å². The predicted octanol–water partition coefficient (Wildman–Crippen LogP) is 3.07. The van der Waals surface area contributed by atoms with Crippen LogP contribution in [0.4, 0.5) is 5.82 Å². The van der Waals surface area contributed by atoms with E-state index in [9.17, 15) is 0 Å². The van der Waals surface area contributed by atoms with Crippen molar-refractivity contribution in [3.8, 4) is 0 Å². The van der Waals surface area contributed by atoms with Crippen LogP contribution < -0.4 is 11.1 Å². The summed E-state index contributed by atoms with van der Waals surface area (Å²) >= 11 is 1.73. The van der Waals surface area contributed by atoms with E-state index in [1.54, 1.807) is 11.3 Å². The third-order valence-corrected chi connectivity index (χ3v) is 5.53. The smallest absolute Gasteiger partial charge is 0.138 e. The van der Waals surface area contributed by atoms with E-state index in [-0.39, 0.29) is 0 Å². The molecule has 0 unspecified atom stereocenters. The summed E-state index contributed by atoms with van der Waals surface area (Å²) in [5.74, 6) is 2.90. The van der Waals surface area contributed by atoms with Crippen molar-refractivity contribution in [3.05, 3.63) is 34.5 Å². The first-order valence-corrected chi connectivity index (χ1v) is 9.66. The largest absolute Gasteiger partial charge is 0.369 e. The van der Waals surface area contributed by atoms with E-state index >= 15 is 0 Å². The molecule has 0 aromatic carbocycles. The standard InChI is InChI=1S/C18H26N6S/c1-4-15-20-9-11-24(15)10-5-8-21-17-16-12(2)13(3)25-18(16)23-14(22-17)6-7-19/h9,11H,4-8,10,19H2,1-3H3,(H,21,22,23). The molecule has 0 saturated heterocycles. The number of rotatable bonds is 8. The molecular formula is C18H26N6S. The zero-order valence-corrected chi connectivity index (χ0v) is 16.0. The van der Waals surface area contributed by atoms with Crippen molar-refractivity contribution in [1.82, 2.24) is 19.5 Å². The van der Waals surface area contributed by atoms with Gasteiger partial charge in [-0.25, -0.2) is 15.0 Å². The molecule has 6 nitrogen and oxygen atoms in total. The van der Waals surface area contributed by atoms with Crippen LogP contribution in [0.3, 0.4) is 0 Å². The number of anilines is 1. The fourth-order valence-corrected chi connectivity index (χ4v) is 4.02. The Kier molecular flexibility index (Phi) is 5.65. The molecule has 0 amide bonds. The number of hydrogen-bond acceptors (Lipinski definition) is 6. The van der Waals surface area contributed by atoms with Gasteiger partial charge >= 0.3 is 0 Å². The first kappa shape index (κ1) is 17.8. The van der Waals surface area contributed by atoms with Gasteiger partial charge in [-0.05, 0) is 32.4 Å². The molecule has 0 aliphatic heterocycles. The van der Waals surface area contributed by atoms with Gasteiger partial charge in [0.15, 0.2) is 0 Å². The summed E-state index contributed by atoms with van der Waals surface area (Å²) < 4.78 is 2.22. The molecule has 3 rings (SSSR count). The van der Waals surface area contributed by atoms with Crippen molar-refractivity contribution >= 4 is 27.4 Å². The summed E-state index contributed by atoms with van der Waals surface area (Å²) in [5, 5.41) is 4.67. The Bertz CT molecular complexity index is 851. The monoisotopic (exact) mass is 358 g/mol. The SMILES string of the molecule is CCc1nccn1CCCNc1nc(CCN)nc2sc(C)c(C)c12. The Morgan fingerprint density at radius 2 is 2.12 bits per heavy atom. The number of nitrogens with zero attached hydrogens (tertiary/aromatic N) is 4. The van der Waals surface area contributed by atoms with E-state index in [1.807, 2.05) is 12.4 Å². The number of aromatic nitrogens is 4. The van der Waals surface area contributed by atoms with Crippen LogP contribution in [0.15, 0.2) is 12.4 Å². The average molecular weight is 359 g/mol. The average Bonchev–Trinajstić information content (AvgIpc) is 3.16. The number of nitrogens with one attached hydrogen (secondary N) is 1. The van der Waals surface area contributed by atoms with Gasteiger partial charge in [-0.1, -0.05) is 6.92 Å². The molecule has 0 radical (unpaired) electrons. The molecule has 0 bridgehead atoms. The summed E-state index contributed by atoms with van der Waals surface area (Å²) in [6.45, 7) is 8.80. The van der Waals surface area contributed by atoms with Crippen molar-refractivity contribution < 1.29 is 0 Å². The lowest BCUT2D eigenvalue weighted by Gasteiger charge is -2.11. The maximum Gasteiger partial charge on any atom is 0.138 e. The van der Waals surface area contributed by atoms with Gasteiger partial charge in [0.2, 0.25) is 0 Å². The Morgan fingerprint density at radius 3 is 2.88 bits per heavy atom. The number of aryl methyl sites for hydroxylation is 4. The summed E-state index contributed by atoms with van der Waals surface area (Å²) in [7, 11) is 0. The van der Waals surface area contributed by atoms with Gasteiger partial charge in [0.05, 0.1) is 5.39 Å². The molecule has 3 aromatic rings. The third kappa shape index (κ3) is 3.82. The molecule has 7 heteroatoms. The molecule has 0 spiro atoms. The number of imidazole rings is 1. The summed E-state index contributed by atoms with van der Waals surface area (Å²) in [6.07, 6.45) is 6.60. The van der Waals surface area contributed by atoms with Crippen LogP contribution in [-0.4, -0.2) is 32.6 Å². The number of thiophene rings is 1. The molecule has 25 heavy (non-hydrogen) atoms. The molecule has 3 heterocycles. The van der Waals surface area contributed by atoms with Gasteiger partial charge in [0.1, 0.15) is 22.3 Å². The molecule has 0 aliphatic carbocycles. The zero-order chi connectivity index (χ0) is 17.8. The summed E-state index contributed by atoms with van der Waals surface area (Å²) in [5.41, 5.74) is 6.96. The first-order chi connectivity index (χ1) is 12.1. The van der Waals surface area contributed by atoms with Crippen molar-refractivity contribution in [3.63, 3.8) is 0 Å². The van der Waals surface area contributed by atoms with Crippen molar-refractivity contribution in [1.29, 1.82) is 0 Å². The minimum atomic E-state index is 0.564. The van der Waals surface area contributed by atoms with Crippen LogP contribution in [0.25, 0.3) is 10.2 Å². The first-order valence-electron chi connectivity index (χ1n) is 8.84. The molecule has 0 aliphatic rings. The highest BCUT2D eigenvalue weighted by Gasteiger charge is 2.14. The van der Waals surface area contributed by atoms with Gasteiger partial charge in [0, 0.05) is 43.2 Å². The predicted molar refractivity (Wildman–Crippen MR) is 104 cm³/mol. The lowest BCUT2D eigenvalue weighted by atomic mass is 10.2. The second kappa shape index (κ2) is 7.93. The van der Waals surface area contributed by atoms with E-state index in [4.69, 9.17) is 10.7 Å². The Balaban J connectivity index is 1.73. The molecule has 3 N–H and O–H groups in total. The molecule has 0 fully saturated rings. The highest BCUT2D eigenvalue weighted by Crippen LogP contribution is 2.33. The van der Waals surface area contributed by atoms with Crippen LogP contribution in [0.5, 0.6) is 0 Å². The Hall–Kier alpha value is -1.99. The molecule has 0 saturated carbocycles. The normalized spacial score (nSPS) is 11.4. The molecule has 3 aromatic heterocycles. The second-order valence-corrected chi connectivity index (χ2v) is 7.36. The zero-order valence-electron chi connectivity index (χ0n) is 15.2. The van der Waals surface area contributed by atoms with Gasteiger partial charge in [-0.2, -0.15) is 0 Å². The van der Waals surface area contributed by atoms with Crippen molar-refractivity contribution in [2.24, 2.45) is 5.73 Å². The van der Waals surface area contributed by atoms with Crippen molar-refractivity contribution in [2.45, 2.75) is 46.6 Å². The molecule has 0 atom stereocenters. The van der Waals surface area contributed by atoms with E-state index in [2.05, 4.69) is 40.6 Å². The van der Waals surface area contributed by atoms with Crippen LogP contribution in [0, 0.1) is 13.8 Å². The minimum Gasteiger partial charge on any atom is -0.369 e. The van der Waals surface area contributed by atoms with Gasteiger partial charge in [0.25, 0.3) is 0 Å².